The molecular formula is C15H26N4O. The van der Waals surface area contributed by atoms with Crippen molar-refractivity contribution < 1.29 is 4.74 Å². The largest absolute Gasteiger partial charge is 0.376 e. The van der Waals surface area contributed by atoms with Crippen LogP contribution in [0.3, 0.4) is 0 Å². The third-order valence-electron chi connectivity index (χ3n) is 3.69. The second-order valence-corrected chi connectivity index (χ2v) is 5.34. The van der Waals surface area contributed by atoms with E-state index in [0.29, 0.717) is 6.04 Å². The highest BCUT2D eigenvalue weighted by Gasteiger charge is 2.25. The fraction of sp³-hybridized carbons (Fsp3) is 0.733. The maximum atomic E-state index is 5.61. The molecule has 2 rings (SSSR count). The Labute approximate surface area is 121 Å². The second-order valence-electron chi connectivity index (χ2n) is 5.34. The maximum absolute atomic E-state index is 5.61. The lowest BCUT2D eigenvalue weighted by Gasteiger charge is -2.20. The summed E-state index contributed by atoms with van der Waals surface area (Å²) in [6, 6.07) is 0.347. The summed E-state index contributed by atoms with van der Waals surface area (Å²) in [6.45, 7) is 8.22. The molecule has 1 aromatic heterocycles. The summed E-state index contributed by atoms with van der Waals surface area (Å²) in [6.07, 6.45) is 6.07. The first-order valence-electron chi connectivity index (χ1n) is 7.72. The molecule has 1 aliphatic heterocycles. The lowest BCUT2D eigenvalue weighted by atomic mass is 10.1. The van der Waals surface area contributed by atoms with E-state index in [1.807, 2.05) is 0 Å². The molecular weight excluding hydrogens is 252 g/mol. The number of hydrogen-bond donors (Lipinski definition) is 2. The van der Waals surface area contributed by atoms with Crippen molar-refractivity contribution in [1.82, 2.24) is 9.97 Å². The van der Waals surface area contributed by atoms with E-state index in [-0.39, 0.29) is 6.10 Å². The van der Waals surface area contributed by atoms with Crippen molar-refractivity contribution in [3.05, 3.63) is 11.9 Å². The highest BCUT2D eigenvalue weighted by Crippen LogP contribution is 2.25. The van der Waals surface area contributed by atoms with E-state index in [4.69, 9.17) is 4.74 Å². The Balaban J connectivity index is 2.17. The number of aromatic nitrogens is 2. The van der Waals surface area contributed by atoms with Crippen LogP contribution in [-0.4, -0.2) is 35.3 Å². The van der Waals surface area contributed by atoms with Gasteiger partial charge in [-0.05, 0) is 26.2 Å². The number of ether oxygens (including phenoxy) is 1. The van der Waals surface area contributed by atoms with Gasteiger partial charge in [0, 0.05) is 18.7 Å². The standard InChI is InChI=1S/C15H26N4O/c1-4-6-12-14(16-8-5-2)17-10-18-15(12)19-13-7-9-20-11(13)3/h10-11,13H,4-9H2,1-3H3,(H2,16,17,18,19). The van der Waals surface area contributed by atoms with Crippen LogP contribution in [0.2, 0.25) is 0 Å². The topological polar surface area (TPSA) is 59.1 Å². The SMILES string of the molecule is CCCNc1ncnc(NC2CCOC2C)c1CCC. The van der Waals surface area contributed by atoms with E-state index >= 15 is 0 Å². The third kappa shape index (κ3) is 3.60. The van der Waals surface area contributed by atoms with Crippen molar-refractivity contribution in [3.8, 4) is 0 Å². The van der Waals surface area contributed by atoms with Gasteiger partial charge in [0.15, 0.2) is 0 Å². The highest BCUT2D eigenvalue weighted by molar-refractivity contribution is 5.58. The van der Waals surface area contributed by atoms with E-state index in [1.54, 1.807) is 6.33 Å². The van der Waals surface area contributed by atoms with E-state index < -0.39 is 0 Å². The molecule has 0 spiro atoms. The normalized spacial score (nSPS) is 21.9. The molecule has 2 atom stereocenters. The van der Waals surface area contributed by atoms with Crippen molar-refractivity contribution >= 4 is 11.6 Å². The highest BCUT2D eigenvalue weighted by atomic mass is 16.5. The van der Waals surface area contributed by atoms with Gasteiger partial charge in [0.1, 0.15) is 18.0 Å². The number of hydrogen-bond acceptors (Lipinski definition) is 5. The molecule has 0 radical (unpaired) electrons. The van der Waals surface area contributed by atoms with Crippen molar-refractivity contribution in [2.75, 3.05) is 23.8 Å². The third-order valence-corrected chi connectivity index (χ3v) is 3.69. The van der Waals surface area contributed by atoms with E-state index in [2.05, 4.69) is 41.4 Å². The predicted molar refractivity (Wildman–Crippen MR) is 82.2 cm³/mol. The average Bonchev–Trinajstić information content (AvgIpc) is 2.85. The summed E-state index contributed by atoms with van der Waals surface area (Å²) < 4.78 is 5.61. The van der Waals surface area contributed by atoms with Gasteiger partial charge in [0.25, 0.3) is 0 Å². The molecule has 0 bridgehead atoms. The smallest absolute Gasteiger partial charge is 0.135 e. The number of rotatable bonds is 7. The van der Waals surface area contributed by atoms with Crippen LogP contribution in [0.25, 0.3) is 0 Å². The second kappa shape index (κ2) is 7.43. The molecule has 0 aromatic carbocycles. The molecule has 1 fully saturated rings. The van der Waals surface area contributed by atoms with E-state index in [1.165, 1.54) is 5.56 Å². The zero-order valence-corrected chi connectivity index (χ0v) is 12.8. The number of anilines is 2. The Morgan fingerprint density at radius 1 is 1.25 bits per heavy atom. The first-order chi connectivity index (χ1) is 9.76. The molecule has 1 aliphatic rings. The van der Waals surface area contributed by atoms with Gasteiger partial charge in [0.05, 0.1) is 12.1 Å². The Kier molecular flexibility index (Phi) is 5.59. The molecule has 1 saturated heterocycles. The van der Waals surface area contributed by atoms with Gasteiger partial charge in [-0.3, -0.25) is 0 Å². The molecule has 2 N–H and O–H groups in total. The molecule has 112 valence electrons. The molecule has 0 aliphatic carbocycles. The fourth-order valence-corrected chi connectivity index (χ4v) is 2.52. The summed E-state index contributed by atoms with van der Waals surface area (Å²) in [7, 11) is 0. The van der Waals surface area contributed by atoms with Gasteiger partial charge >= 0.3 is 0 Å². The molecule has 0 saturated carbocycles. The summed E-state index contributed by atoms with van der Waals surface area (Å²) in [5, 5.41) is 6.95. The lowest BCUT2D eigenvalue weighted by molar-refractivity contribution is 0.121. The first kappa shape index (κ1) is 15.0. The summed E-state index contributed by atoms with van der Waals surface area (Å²) >= 11 is 0. The van der Waals surface area contributed by atoms with Crippen LogP contribution >= 0.6 is 0 Å². The van der Waals surface area contributed by atoms with Crippen molar-refractivity contribution in [1.29, 1.82) is 0 Å². The molecule has 5 heteroatoms. The van der Waals surface area contributed by atoms with Gasteiger partial charge in [-0.15, -0.1) is 0 Å². The Hall–Kier alpha value is -1.36. The summed E-state index contributed by atoms with van der Waals surface area (Å²) in [5.41, 5.74) is 1.20. The fourth-order valence-electron chi connectivity index (χ4n) is 2.52. The van der Waals surface area contributed by atoms with Crippen molar-refractivity contribution in [2.24, 2.45) is 0 Å². The summed E-state index contributed by atoms with van der Waals surface area (Å²) in [4.78, 5) is 8.84. The zero-order chi connectivity index (χ0) is 14.4. The number of nitrogens with zero attached hydrogens (tertiary/aromatic N) is 2. The minimum Gasteiger partial charge on any atom is -0.376 e. The monoisotopic (exact) mass is 278 g/mol. The maximum Gasteiger partial charge on any atom is 0.135 e. The average molecular weight is 278 g/mol. The first-order valence-corrected chi connectivity index (χ1v) is 7.72. The zero-order valence-electron chi connectivity index (χ0n) is 12.8. The summed E-state index contributed by atoms with van der Waals surface area (Å²) in [5.74, 6) is 1.93. The van der Waals surface area contributed by atoms with Crippen LogP contribution < -0.4 is 10.6 Å². The van der Waals surface area contributed by atoms with Crippen LogP contribution in [0.1, 0.15) is 45.6 Å². The predicted octanol–water partition coefficient (Wildman–Crippen LogP) is 2.84. The van der Waals surface area contributed by atoms with Gasteiger partial charge < -0.3 is 15.4 Å². The van der Waals surface area contributed by atoms with Crippen molar-refractivity contribution in [2.45, 2.75) is 58.6 Å². The molecule has 2 heterocycles. The molecule has 5 nitrogen and oxygen atoms in total. The number of nitrogens with one attached hydrogen (secondary N) is 2. The van der Waals surface area contributed by atoms with E-state index in [0.717, 1.165) is 50.5 Å². The molecule has 0 amide bonds. The van der Waals surface area contributed by atoms with Crippen molar-refractivity contribution in [3.63, 3.8) is 0 Å². The molecule has 1 aromatic rings. The van der Waals surface area contributed by atoms with Crippen LogP contribution in [-0.2, 0) is 11.2 Å². The minimum atomic E-state index is 0.242. The van der Waals surface area contributed by atoms with Crippen LogP contribution in [0.5, 0.6) is 0 Å². The van der Waals surface area contributed by atoms with Crippen LogP contribution in [0.15, 0.2) is 6.33 Å². The van der Waals surface area contributed by atoms with Crippen LogP contribution in [0, 0.1) is 0 Å². The molecule has 20 heavy (non-hydrogen) atoms. The van der Waals surface area contributed by atoms with Gasteiger partial charge in [0.2, 0.25) is 0 Å². The Morgan fingerprint density at radius 3 is 2.70 bits per heavy atom. The Bertz CT molecular complexity index is 424. The van der Waals surface area contributed by atoms with Crippen LogP contribution in [0.4, 0.5) is 11.6 Å². The quantitative estimate of drug-likeness (QED) is 0.803. The van der Waals surface area contributed by atoms with Gasteiger partial charge in [-0.1, -0.05) is 20.3 Å². The Morgan fingerprint density at radius 2 is 2.05 bits per heavy atom. The van der Waals surface area contributed by atoms with Gasteiger partial charge in [-0.2, -0.15) is 0 Å². The minimum absolute atomic E-state index is 0.242. The molecule has 2 unspecified atom stereocenters. The van der Waals surface area contributed by atoms with E-state index in [9.17, 15) is 0 Å². The lowest BCUT2D eigenvalue weighted by Crippen LogP contribution is -2.28. The van der Waals surface area contributed by atoms with Gasteiger partial charge in [-0.25, -0.2) is 9.97 Å².